The van der Waals surface area contributed by atoms with Gasteiger partial charge in [-0.25, -0.2) is 0 Å². The Morgan fingerprint density at radius 3 is 2.04 bits per heavy atom. The SMILES string of the molecule is CC(C)(C)[Si](C)(C)OCC[C@@](C#N)(O[Si](C)(C)C)c1ccc(Cl)c(Cl)c1. The topological polar surface area (TPSA) is 42.2 Å². The fraction of sp³-hybridized carbons (Fsp3) is 0.632. The van der Waals surface area contributed by atoms with Gasteiger partial charge in [0.2, 0.25) is 0 Å². The van der Waals surface area contributed by atoms with Crippen LogP contribution in [0.3, 0.4) is 0 Å². The fourth-order valence-electron chi connectivity index (χ4n) is 2.33. The zero-order valence-corrected chi connectivity index (χ0v) is 20.7. The second kappa shape index (κ2) is 8.34. The van der Waals surface area contributed by atoms with Gasteiger partial charge in [-0.15, -0.1) is 0 Å². The summed E-state index contributed by atoms with van der Waals surface area (Å²) in [6.07, 6.45) is 0.457. The van der Waals surface area contributed by atoms with Gasteiger partial charge in [-0.3, -0.25) is 0 Å². The fourth-order valence-corrected chi connectivity index (χ4v) is 4.99. The molecule has 0 spiro atoms. The molecule has 0 bridgehead atoms. The Kier molecular flexibility index (Phi) is 7.60. The maximum absolute atomic E-state index is 10.1. The van der Waals surface area contributed by atoms with Gasteiger partial charge in [0.15, 0.2) is 22.2 Å². The van der Waals surface area contributed by atoms with E-state index < -0.39 is 22.2 Å². The van der Waals surface area contributed by atoms with Crippen molar-refractivity contribution in [3.63, 3.8) is 0 Å². The first-order valence-electron chi connectivity index (χ1n) is 8.84. The predicted octanol–water partition coefficient (Wildman–Crippen LogP) is 6.98. The lowest BCUT2D eigenvalue weighted by Gasteiger charge is -2.38. The third kappa shape index (κ3) is 6.08. The second-order valence-electron chi connectivity index (χ2n) is 9.14. The van der Waals surface area contributed by atoms with Crippen molar-refractivity contribution >= 4 is 39.8 Å². The highest BCUT2D eigenvalue weighted by molar-refractivity contribution is 6.74. The Bertz CT molecular complexity index is 676. The Balaban J connectivity index is 3.17. The van der Waals surface area contributed by atoms with Crippen LogP contribution < -0.4 is 0 Å². The van der Waals surface area contributed by atoms with Crippen molar-refractivity contribution in [1.29, 1.82) is 5.26 Å². The highest BCUT2D eigenvalue weighted by atomic mass is 35.5. The van der Waals surface area contributed by atoms with Crippen LogP contribution in [-0.4, -0.2) is 23.2 Å². The van der Waals surface area contributed by atoms with Gasteiger partial charge in [-0.1, -0.05) is 50.0 Å². The molecule has 0 saturated carbocycles. The zero-order valence-electron chi connectivity index (χ0n) is 17.2. The molecule has 3 nitrogen and oxygen atoms in total. The van der Waals surface area contributed by atoms with Crippen molar-refractivity contribution in [1.82, 2.24) is 0 Å². The lowest BCUT2D eigenvalue weighted by atomic mass is 9.92. The second-order valence-corrected chi connectivity index (χ2v) is 19.2. The molecule has 0 fully saturated rings. The van der Waals surface area contributed by atoms with Crippen LogP contribution in [0.25, 0.3) is 0 Å². The molecule has 7 heteroatoms. The molecule has 0 aliphatic rings. The van der Waals surface area contributed by atoms with Crippen LogP contribution in [0.1, 0.15) is 32.8 Å². The molecule has 146 valence electrons. The number of benzene rings is 1. The van der Waals surface area contributed by atoms with Crippen LogP contribution in [0.15, 0.2) is 18.2 Å². The standard InChI is InChI=1S/C19H31Cl2NO2Si2/c1-18(2,3)26(7,8)23-12-11-19(14-22,24-25(4,5)6)15-9-10-16(20)17(21)13-15/h9-10,13H,11-12H2,1-8H3/t19-/m0/s1. The summed E-state index contributed by atoms with van der Waals surface area (Å²) in [5.41, 5.74) is -0.350. The normalized spacial score (nSPS) is 15.4. The molecule has 0 saturated heterocycles. The first-order valence-corrected chi connectivity index (χ1v) is 15.9. The molecule has 1 aromatic carbocycles. The molecule has 0 N–H and O–H groups in total. The smallest absolute Gasteiger partial charge is 0.191 e. The molecule has 0 unspecified atom stereocenters. The van der Waals surface area contributed by atoms with E-state index >= 15 is 0 Å². The van der Waals surface area contributed by atoms with E-state index in [1.807, 2.05) is 6.07 Å². The summed E-state index contributed by atoms with van der Waals surface area (Å²) in [5, 5.41) is 11.1. The monoisotopic (exact) mass is 431 g/mol. The Morgan fingerprint density at radius 1 is 1.04 bits per heavy atom. The maximum Gasteiger partial charge on any atom is 0.191 e. The van der Waals surface area contributed by atoms with Crippen LogP contribution in [0, 0.1) is 11.3 Å². The van der Waals surface area contributed by atoms with Gasteiger partial charge in [0.25, 0.3) is 0 Å². The molecule has 0 radical (unpaired) electrons. The summed E-state index contributed by atoms with van der Waals surface area (Å²) in [4.78, 5) is 0. The first kappa shape index (κ1) is 23.7. The molecular weight excluding hydrogens is 401 g/mol. The molecule has 0 heterocycles. The third-order valence-corrected chi connectivity index (χ3v) is 11.0. The van der Waals surface area contributed by atoms with Crippen molar-refractivity contribution in [2.75, 3.05) is 6.61 Å². The van der Waals surface area contributed by atoms with E-state index in [1.54, 1.807) is 12.1 Å². The number of nitriles is 1. The molecule has 0 aliphatic carbocycles. The van der Waals surface area contributed by atoms with E-state index in [-0.39, 0.29) is 5.04 Å². The average molecular weight is 433 g/mol. The van der Waals surface area contributed by atoms with Crippen LogP contribution >= 0.6 is 23.2 Å². The van der Waals surface area contributed by atoms with Gasteiger partial charge in [-0.2, -0.15) is 5.26 Å². The first-order chi connectivity index (χ1) is 11.6. The summed E-state index contributed by atoms with van der Waals surface area (Å²) >= 11 is 12.3. The van der Waals surface area contributed by atoms with Gasteiger partial charge in [0.05, 0.1) is 10.0 Å². The van der Waals surface area contributed by atoms with E-state index in [0.29, 0.717) is 23.1 Å². The van der Waals surface area contributed by atoms with Crippen LogP contribution in [-0.2, 0) is 14.5 Å². The maximum atomic E-state index is 10.1. The van der Waals surface area contributed by atoms with E-state index in [2.05, 4.69) is 59.6 Å². The Hall–Kier alpha value is -0.356. The minimum Gasteiger partial charge on any atom is -0.417 e. The molecule has 1 rings (SSSR count). The lowest BCUT2D eigenvalue weighted by molar-refractivity contribution is 0.0859. The minimum atomic E-state index is -2.00. The molecular formula is C19H31Cl2NO2Si2. The summed E-state index contributed by atoms with van der Waals surface area (Å²) in [6.45, 7) is 17.7. The molecule has 0 aliphatic heterocycles. The van der Waals surface area contributed by atoms with E-state index in [4.69, 9.17) is 32.1 Å². The quantitative estimate of drug-likeness (QED) is 0.437. The van der Waals surface area contributed by atoms with Gasteiger partial charge < -0.3 is 8.85 Å². The third-order valence-electron chi connectivity index (χ3n) is 4.77. The lowest BCUT2D eigenvalue weighted by Crippen LogP contribution is -2.44. The minimum absolute atomic E-state index is 0.117. The van der Waals surface area contributed by atoms with Gasteiger partial charge in [-0.05, 0) is 55.5 Å². The highest BCUT2D eigenvalue weighted by Crippen LogP contribution is 2.39. The van der Waals surface area contributed by atoms with Crippen molar-refractivity contribution < 1.29 is 8.85 Å². The summed E-state index contributed by atoms with van der Waals surface area (Å²) in [5.74, 6) is 0. The predicted molar refractivity (Wildman–Crippen MR) is 116 cm³/mol. The Labute approximate surface area is 170 Å². The van der Waals surface area contributed by atoms with Crippen LogP contribution in [0.5, 0.6) is 0 Å². The number of hydrogen-bond donors (Lipinski definition) is 0. The molecule has 0 amide bonds. The number of nitrogens with zero attached hydrogens (tertiary/aromatic N) is 1. The van der Waals surface area contributed by atoms with Gasteiger partial charge in [0, 0.05) is 13.0 Å². The number of rotatable bonds is 7. The van der Waals surface area contributed by atoms with Crippen molar-refractivity contribution in [2.24, 2.45) is 0 Å². The number of hydrogen-bond acceptors (Lipinski definition) is 3. The van der Waals surface area contributed by atoms with Crippen molar-refractivity contribution in [3.8, 4) is 6.07 Å². The van der Waals surface area contributed by atoms with E-state index in [0.717, 1.165) is 5.56 Å². The molecule has 1 aromatic rings. The van der Waals surface area contributed by atoms with Crippen LogP contribution in [0.4, 0.5) is 0 Å². The van der Waals surface area contributed by atoms with Gasteiger partial charge in [0.1, 0.15) is 6.07 Å². The van der Waals surface area contributed by atoms with Crippen molar-refractivity contribution in [3.05, 3.63) is 33.8 Å². The summed E-state index contributed by atoms with van der Waals surface area (Å²) < 4.78 is 12.7. The summed E-state index contributed by atoms with van der Waals surface area (Å²) in [7, 11) is -3.90. The zero-order chi connectivity index (χ0) is 20.4. The molecule has 26 heavy (non-hydrogen) atoms. The highest BCUT2D eigenvalue weighted by Gasteiger charge is 2.41. The largest absolute Gasteiger partial charge is 0.417 e. The molecule has 0 aromatic heterocycles. The number of halogens is 2. The van der Waals surface area contributed by atoms with E-state index in [9.17, 15) is 5.26 Å². The van der Waals surface area contributed by atoms with Gasteiger partial charge >= 0.3 is 0 Å². The van der Waals surface area contributed by atoms with E-state index in [1.165, 1.54) is 0 Å². The average Bonchev–Trinajstić information content (AvgIpc) is 2.46. The summed E-state index contributed by atoms with van der Waals surface area (Å²) in [6, 6.07) is 7.68. The van der Waals surface area contributed by atoms with Crippen molar-refractivity contribution in [2.45, 2.75) is 70.6 Å². The molecule has 1 atom stereocenters. The Morgan fingerprint density at radius 2 is 1.62 bits per heavy atom. The van der Waals surface area contributed by atoms with Crippen LogP contribution in [0.2, 0.25) is 47.8 Å².